The molecule has 1 aromatic heterocycles. The number of ether oxygens (including phenoxy) is 1. The van der Waals surface area contributed by atoms with Crippen molar-refractivity contribution >= 4 is 17.6 Å². The molecular formula is C28H38F4N3O4+. The fourth-order valence-electron chi connectivity index (χ4n) is 3.83. The van der Waals surface area contributed by atoms with Gasteiger partial charge in [-0.3, -0.25) is 15.6 Å². The lowest BCUT2D eigenvalue weighted by Crippen LogP contribution is -2.57. The summed E-state index contributed by atoms with van der Waals surface area (Å²) in [5.41, 5.74) is 4.44. The quantitative estimate of drug-likeness (QED) is 0.0821. The third-order valence-corrected chi connectivity index (χ3v) is 6.24. The normalized spacial score (nSPS) is 11.7. The van der Waals surface area contributed by atoms with Crippen LogP contribution in [0.25, 0.3) is 0 Å². The van der Waals surface area contributed by atoms with Gasteiger partial charge in [0.2, 0.25) is 0 Å². The van der Waals surface area contributed by atoms with E-state index in [1.165, 1.54) is 81.4 Å². The monoisotopic (exact) mass is 556 g/mol. The molecule has 0 saturated carbocycles. The molecule has 11 heteroatoms. The van der Waals surface area contributed by atoms with Crippen molar-refractivity contribution in [3.05, 3.63) is 54.4 Å². The lowest BCUT2D eigenvalue weighted by Gasteiger charge is -2.22. The molecule has 39 heavy (non-hydrogen) atoms. The van der Waals surface area contributed by atoms with E-state index in [0.29, 0.717) is 5.75 Å². The second-order valence-electron chi connectivity index (χ2n) is 9.48. The van der Waals surface area contributed by atoms with Crippen molar-refractivity contribution in [2.75, 3.05) is 5.43 Å². The number of alkyl halides is 4. The van der Waals surface area contributed by atoms with Gasteiger partial charge in [0.15, 0.2) is 12.4 Å². The van der Waals surface area contributed by atoms with Crippen LogP contribution in [0.15, 0.2) is 48.8 Å². The van der Waals surface area contributed by atoms with E-state index in [9.17, 15) is 27.2 Å². The maximum absolute atomic E-state index is 13.5. The maximum Gasteiger partial charge on any atom is 0.413 e. The molecule has 1 heterocycles. The van der Waals surface area contributed by atoms with E-state index >= 15 is 0 Å². The number of benzene rings is 1. The summed E-state index contributed by atoms with van der Waals surface area (Å²) in [5, 5.41) is 8.27. The second-order valence-corrected chi connectivity index (χ2v) is 9.48. The van der Waals surface area contributed by atoms with Gasteiger partial charge in [-0.15, -0.1) is 0 Å². The Labute approximate surface area is 226 Å². The average Bonchev–Trinajstić information content (AvgIpc) is 2.92. The highest BCUT2D eigenvalue weighted by atomic mass is 19.3. The molecule has 0 unspecified atom stereocenters. The van der Waals surface area contributed by atoms with Crippen LogP contribution in [-0.4, -0.2) is 28.8 Å². The first-order valence-corrected chi connectivity index (χ1v) is 13.3. The summed E-state index contributed by atoms with van der Waals surface area (Å²) in [5.74, 6) is -16.3. The number of unbranched alkanes of at least 4 members (excludes halogenated alkanes) is 9. The molecule has 0 aliphatic heterocycles. The Morgan fingerprint density at radius 2 is 1.46 bits per heavy atom. The van der Waals surface area contributed by atoms with Crippen molar-refractivity contribution in [2.24, 2.45) is 0 Å². The van der Waals surface area contributed by atoms with Gasteiger partial charge >= 0.3 is 23.7 Å². The number of rotatable bonds is 19. The molecule has 0 spiro atoms. The zero-order chi connectivity index (χ0) is 28.7. The van der Waals surface area contributed by atoms with Crippen molar-refractivity contribution < 1.29 is 41.6 Å². The van der Waals surface area contributed by atoms with Crippen LogP contribution in [-0.2, 0) is 22.7 Å². The number of aliphatic carboxylic acids is 1. The van der Waals surface area contributed by atoms with Crippen LogP contribution in [0.4, 0.5) is 23.2 Å². The topological polar surface area (TPSA) is 91.5 Å². The SMILES string of the molecule is CCCCCCCCCCCC[n+]1ccc(COc2cccc(NNC(=O)C(F)(F)C(F)(F)C(=O)O)c2)cc1. The number of aryl methyl sites for hydroxylation is 1. The number of pyridine rings is 1. The molecule has 0 atom stereocenters. The Kier molecular flexibility index (Phi) is 13.0. The minimum atomic E-state index is -5.56. The lowest BCUT2D eigenvalue weighted by molar-refractivity contribution is -0.697. The summed E-state index contributed by atoms with van der Waals surface area (Å²) in [6, 6.07) is 9.70. The minimum Gasteiger partial charge on any atom is -0.489 e. The van der Waals surface area contributed by atoms with Crippen LogP contribution in [0.2, 0.25) is 0 Å². The molecule has 0 aliphatic rings. The van der Waals surface area contributed by atoms with Crippen LogP contribution in [0, 0.1) is 0 Å². The van der Waals surface area contributed by atoms with Gasteiger partial charge < -0.3 is 9.84 Å². The van der Waals surface area contributed by atoms with E-state index < -0.39 is 23.7 Å². The highest BCUT2D eigenvalue weighted by molar-refractivity contribution is 5.92. The molecule has 2 rings (SSSR count). The number of nitrogens with zero attached hydrogens (tertiary/aromatic N) is 1. The third kappa shape index (κ3) is 10.4. The molecule has 1 amide bonds. The fourth-order valence-corrected chi connectivity index (χ4v) is 3.83. The van der Waals surface area contributed by atoms with Crippen molar-refractivity contribution in [3.63, 3.8) is 0 Å². The second kappa shape index (κ2) is 15.9. The van der Waals surface area contributed by atoms with E-state index in [2.05, 4.69) is 16.9 Å². The van der Waals surface area contributed by atoms with Crippen LogP contribution < -0.4 is 20.2 Å². The number of halogens is 4. The first-order chi connectivity index (χ1) is 18.6. The minimum absolute atomic E-state index is 0.0673. The predicted octanol–water partition coefficient (Wildman–Crippen LogP) is 6.27. The number of hydrazine groups is 1. The van der Waals surface area contributed by atoms with E-state index in [-0.39, 0.29) is 12.3 Å². The third-order valence-electron chi connectivity index (χ3n) is 6.24. The Morgan fingerprint density at radius 1 is 0.872 bits per heavy atom. The summed E-state index contributed by atoms with van der Waals surface area (Å²) >= 11 is 0. The fraction of sp³-hybridized carbons (Fsp3) is 0.536. The number of aromatic nitrogens is 1. The zero-order valence-corrected chi connectivity index (χ0v) is 22.2. The number of carboxylic acids is 1. The largest absolute Gasteiger partial charge is 0.489 e. The Morgan fingerprint density at radius 3 is 2.05 bits per heavy atom. The zero-order valence-electron chi connectivity index (χ0n) is 22.2. The summed E-state index contributed by atoms with van der Waals surface area (Å²) < 4.78 is 61.2. The Hall–Kier alpha value is -3.37. The van der Waals surface area contributed by atoms with Crippen LogP contribution in [0.3, 0.4) is 0 Å². The van der Waals surface area contributed by atoms with Gasteiger partial charge in [-0.05, 0) is 18.6 Å². The summed E-state index contributed by atoms with van der Waals surface area (Å²) in [6.07, 6.45) is 16.8. The van der Waals surface area contributed by atoms with Gasteiger partial charge in [0, 0.05) is 30.2 Å². The summed E-state index contributed by atoms with van der Waals surface area (Å²) in [4.78, 5) is 21.9. The van der Waals surface area contributed by atoms with E-state index in [0.717, 1.165) is 18.5 Å². The highest BCUT2D eigenvalue weighted by Crippen LogP contribution is 2.34. The number of hydrogen-bond acceptors (Lipinski definition) is 4. The molecule has 2 aromatic rings. The number of carboxylic acid groups (broad SMARTS) is 1. The number of carbonyl (C=O) groups excluding carboxylic acids is 1. The average molecular weight is 557 g/mol. The lowest BCUT2D eigenvalue weighted by atomic mass is 10.1. The maximum atomic E-state index is 13.5. The first-order valence-electron chi connectivity index (χ1n) is 13.3. The smallest absolute Gasteiger partial charge is 0.413 e. The van der Waals surface area contributed by atoms with Gasteiger partial charge in [-0.25, -0.2) is 9.36 Å². The van der Waals surface area contributed by atoms with Crippen LogP contribution >= 0.6 is 0 Å². The number of anilines is 1. The van der Waals surface area contributed by atoms with Crippen molar-refractivity contribution in [1.29, 1.82) is 0 Å². The van der Waals surface area contributed by atoms with E-state index in [4.69, 9.17) is 9.84 Å². The Bertz CT molecular complexity index is 1040. The molecular weight excluding hydrogens is 518 g/mol. The van der Waals surface area contributed by atoms with Crippen LogP contribution in [0.5, 0.6) is 5.75 Å². The molecule has 0 saturated heterocycles. The van der Waals surface area contributed by atoms with Crippen LogP contribution in [0.1, 0.15) is 76.7 Å². The van der Waals surface area contributed by atoms with Gasteiger partial charge in [0.05, 0.1) is 5.69 Å². The Balaban J connectivity index is 1.71. The molecule has 7 nitrogen and oxygen atoms in total. The number of amides is 1. The highest BCUT2D eigenvalue weighted by Gasteiger charge is 2.67. The van der Waals surface area contributed by atoms with Crippen molar-refractivity contribution in [2.45, 2.75) is 96.1 Å². The predicted molar refractivity (Wildman–Crippen MR) is 139 cm³/mol. The van der Waals surface area contributed by atoms with Gasteiger partial charge in [0.25, 0.3) is 0 Å². The summed E-state index contributed by atoms with van der Waals surface area (Å²) in [7, 11) is 0. The number of carbonyl (C=O) groups is 2. The molecule has 0 fully saturated rings. The molecule has 0 radical (unpaired) electrons. The van der Waals surface area contributed by atoms with Gasteiger partial charge in [-0.2, -0.15) is 17.6 Å². The number of nitrogens with one attached hydrogen (secondary N) is 2. The molecule has 0 aliphatic carbocycles. The summed E-state index contributed by atoms with van der Waals surface area (Å²) in [6.45, 7) is 3.39. The molecule has 216 valence electrons. The van der Waals surface area contributed by atoms with E-state index in [1.807, 2.05) is 24.5 Å². The molecule has 1 aromatic carbocycles. The molecule has 3 N–H and O–H groups in total. The van der Waals surface area contributed by atoms with Crippen molar-refractivity contribution in [3.8, 4) is 5.75 Å². The van der Waals surface area contributed by atoms with Gasteiger partial charge in [0.1, 0.15) is 18.9 Å². The van der Waals surface area contributed by atoms with Gasteiger partial charge in [-0.1, -0.05) is 64.4 Å². The molecule has 0 bridgehead atoms. The first kappa shape index (κ1) is 31.8. The van der Waals surface area contributed by atoms with E-state index in [1.54, 1.807) is 6.07 Å². The standard InChI is InChI=1S/C28H37F4N3O4/c1-2-3-4-5-6-7-8-9-10-11-17-35-18-15-22(16-19-35)21-39-24-14-12-13-23(20-24)33-34-25(36)27(29,30)28(31,32)26(37)38/h12-16,18-20,33H,2-11,17,21H2,1H3,(H-,34,36,37,38)/p+1. The number of hydrogen-bond donors (Lipinski definition) is 3. The van der Waals surface area contributed by atoms with Crippen molar-refractivity contribution in [1.82, 2.24) is 5.43 Å².